The van der Waals surface area contributed by atoms with Crippen molar-refractivity contribution in [1.29, 1.82) is 0 Å². The summed E-state index contributed by atoms with van der Waals surface area (Å²) in [5.41, 5.74) is 0.813. The Morgan fingerprint density at radius 3 is 2.75 bits per heavy atom. The molecule has 0 bridgehead atoms. The lowest BCUT2D eigenvalue weighted by Crippen LogP contribution is -2.17. The van der Waals surface area contributed by atoms with Crippen molar-refractivity contribution in [2.24, 2.45) is 0 Å². The highest BCUT2D eigenvalue weighted by Crippen LogP contribution is 2.18. The fourth-order valence-corrected chi connectivity index (χ4v) is 1.21. The minimum absolute atomic E-state index is 0.310. The van der Waals surface area contributed by atoms with Gasteiger partial charge in [0.15, 0.2) is 0 Å². The van der Waals surface area contributed by atoms with Crippen LogP contribution in [0.4, 0.5) is 13.2 Å². The van der Waals surface area contributed by atoms with Crippen LogP contribution in [0.2, 0.25) is 0 Å². The first-order valence-electron chi connectivity index (χ1n) is 4.48. The quantitative estimate of drug-likeness (QED) is 0.786. The van der Waals surface area contributed by atoms with Crippen molar-refractivity contribution in [2.75, 3.05) is 0 Å². The summed E-state index contributed by atoms with van der Waals surface area (Å²) in [6, 6.07) is 7.75. The van der Waals surface area contributed by atoms with Gasteiger partial charge in [-0.3, -0.25) is 9.67 Å². The average Bonchev–Trinajstić information content (AvgIpc) is 2.65. The van der Waals surface area contributed by atoms with E-state index in [-0.39, 0.29) is 0 Å². The number of pyridine rings is 1. The number of hydrogen-bond donors (Lipinski definition) is 0. The Hall–Kier alpha value is -1.85. The summed E-state index contributed by atoms with van der Waals surface area (Å²) in [5, 5.41) is 3.74. The van der Waals surface area contributed by atoms with Crippen LogP contribution in [-0.2, 0) is 6.54 Å². The van der Waals surface area contributed by atoms with Crippen LogP contribution in [0.15, 0.2) is 30.6 Å². The molecule has 6 heteroatoms. The number of aromatic nitrogens is 3. The average molecular weight is 226 g/mol. The number of nitrogens with zero attached hydrogens (tertiary/aromatic N) is 3. The summed E-state index contributed by atoms with van der Waals surface area (Å²) in [6.45, 7) is -1.11. The summed E-state index contributed by atoms with van der Waals surface area (Å²) in [7, 11) is 0. The zero-order chi connectivity index (χ0) is 11.6. The molecule has 0 saturated carbocycles. The van der Waals surface area contributed by atoms with Crippen LogP contribution < -0.4 is 0 Å². The van der Waals surface area contributed by atoms with Crippen LogP contribution >= 0.6 is 0 Å². The van der Waals surface area contributed by atoms with E-state index >= 15 is 0 Å². The summed E-state index contributed by atoms with van der Waals surface area (Å²) in [5.74, 6) is 0. The normalized spacial score (nSPS) is 11.7. The zero-order valence-corrected chi connectivity index (χ0v) is 8.07. The predicted molar refractivity (Wildman–Crippen MR) is 50.3 cm³/mol. The van der Waals surface area contributed by atoms with Gasteiger partial charge in [-0.25, -0.2) is 0 Å². The van der Waals surface area contributed by atoms with Gasteiger partial charge in [0.2, 0.25) is 0 Å². The summed E-state index contributed by atoms with van der Waals surface area (Å²) in [6.07, 6.45) is -1.56. The molecule has 2 heterocycles. The molecule has 2 rings (SSSR count). The maximum Gasteiger partial charge on any atom is 0.408 e. The molecule has 2 aromatic heterocycles. The van der Waals surface area contributed by atoms with Crippen LogP contribution in [0.3, 0.4) is 0 Å². The molecule has 0 saturated heterocycles. The maximum atomic E-state index is 12.1. The zero-order valence-electron chi connectivity index (χ0n) is 8.07. The molecule has 1 radical (unpaired) electrons. The summed E-state index contributed by atoms with van der Waals surface area (Å²) in [4.78, 5) is 3.97. The first-order chi connectivity index (χ1) is 7.54. The molecule has 2 aromatic rings. The van der Waals surface area contributed by atoms with Crippen molar-refractivity contribution in [3.8, 4) is 11.4 Å². The smallest absolute Gasteiger partial charge is 0.262 e. The molecule has 0 atom stereocenters. The fraction of sp³-hybridized carbons (Fsp3) is 0.200. The van der Waals surface area contributed by atoms with Crippen molar-refractivity contribution >= 4 is 0 Å². The Morgan fingerprint density at radius 2 is 2.12 bits per heavy atom. The monoisotopic (exact) mass is 226 g/mol. The van der Waals surface area contributed by atoms with Gasteiger partial charge in [0.25, 0.3) is 0 Å². The Balaban J connectivity index is 2.21. The van der Waals surface area contributed by atoms with Crippen LogP contribution in [-0.4, -0.2) is 20.9 Å². The molecule has 3 nitrogen and oxygen atoms in total. The molecule has 0 aliphatic rings. The molecule has 0 aromatic carbocycles. The molecule has 0 N–H and O–H groups in total. The van der Waals surface area contributed by atoms with Crippen molar-refractivity contribution in [3.63, 3.8) is 0 Å². The summed E-state index contributed by atoms with van der Waals surface area (Å²) < 4.78 is 37.0. The largest absolute Gasteiger partial charge is 0.408 e. The van der Waals surface area contributed by atoms with E-state index in [1.54, 1.807) is 24.4 Å². The van der Waals surface area contributed by atoms with Gasteiger partial charge >= 0.3 is 6.18 Å². The van der Waals surface area contributed by atoms with Crippen LogP contribution in [0.25, 0.3) is 11.4 Å². The third-order valence-electron chi connectivity index (χ3n) is 1.83. The third kappa shape index (κ3) is 2.59. The molecule has 0 spiro atoms. The topological polar surface area (TPSA) is 30.7 Å². The van der Waals surface area contributed by atoms with E-state index in [1.807, 2.05) is 0 Å². The second-order valence-corrected chi connectivity index (χ2v) is 3.15. The van der Waals surface area contributed by atoms with Crippen LogP contribution in [0, 0.1) is 6.07 Å². The van der Waals surface area contributed by atoms with Crippen LogP contribution in [0.1, 0.15) is 0 Å². The van der Waals surface area contributed by atoms with E-state index < -0.39 is 12.7 Å². The van der Waals surface area contributed by atoms with E-state index in [4.69, 9.17) is 0 Å². The van der Waals surface area contributed by atoms with E-state index in [1.165, 1.54) is 0 Å². The minimum Gasteiger partial charge on any atom is -0.262 e. The Labute approximate surface area is 89.5 Å². The molecule has 0 aliphatic heterocycles. The Bertz CT molecular complexity index is 462. The first kappa shape index (κ1) is 10.7. The maximum absolute atomic E-state index is 12.1. The summed E-state index contributed by atoms with van der Waals surface area (Å²) >= 11 is 0. The van der Waals surface area contributed by atoms with Gasteiger partial charge in [0, 0.05) is 18.5 Å². The van der Waals surface area contributed by atoms with Gasteiger partial charge in [0.1, 0.15) is 12.2 Å². The number of hydrogen-bond acceptors (Lipinski definition) is 2. The molecule has 0 amide bonds. The number of rotatable bonds is 2. The second-order valence-electron chi connectivity index (χ2n) is 3.15. The fourth-order valence-electron chi connectivity index (χ4n) is 1.21. The van der Waals surface area contributed by atoms with E-state index in [2.05, 4.69) is 16.1 Å². The Kier molecular flexibility index (Phi) is 2.64. The highest BCUT2D eigenvalue weighted by atomic mass is 19.4. The van der Waals surface area contributed by atoms with Crippen molar-refractivity contribution in [1.82, 2.24) is 14.8 Å². The Morgan fingerprint density at radius 1 is 1.31 bits per heavy atom. The van der Waals surface area contributed by atoms with E-state index in [0.717, 1.165) is 10.9 Å². The van der Waals surface area contributed by atoms with Gasteiger partial charge < -0.3 is 0 Å². The van der Waals surface area contributed by atoms with Gasteiger partial charge in [-0.2, -0.15) is 18.3 Å². The lowest BCUT2D eigenvalue weighted by atomic mass is 10.3. The highest BCUT2D eigenvalue weighted by Gasteiger charge is 2.28. The van der Waals surface area contributed by atoms with Gasteiger partial charge in [-0.05, 0) is 12.1 Å². The van der Waals surface area contributed by atoms with Crippen LogP contribution in [0.5, 0.6) is 0 Å². The number of alkyl halides is 3. The number of halogens is 3. The molecule has 0 unspecified atom stereocenters. The first-order valence-corrected chi connectivity index (χ1v) is 4.48. The molecular weight excluding hydrogens is 219 g/mol. The highest BCUT2D eigenvalue weighted by molar-refractivity contribution is 5.51. The predicted octanol–water partition coefficient (Wildman–Crippen LogP) is 2.31. The lowest BCUT2D eigenvalue weighted by Gasteiger charge is -2.05. The van der Waals surface area contributed by atoms with Crippen molar-refractivity contribution < 1.29 is 13.2 Å². The molecule has 0 fully saturated rings. The van der Waals surface area contributed by atoms with Gasteiger partial charge in [0.05, 0.1) is 5.69 Å². The SMILES string of the molecule is FC(F)(F)Cn1c[c]c(-c2ccccn2)n1. The van der Waals surface area contributed by atoms with Crippen molar-refractivity contribution in [3.05, 3.63) is 36.7 Å². The second kappa shape index (κ2) is 3.96. The van der Waals surface area contributed by atoms with Gasteiger partial charge in [-0.15, -0.1) is 0 Å². The molecular formula is C10H7F3N3. The third-order valence-corrected chi connectivity index (χ3v) is 1.83. The standard InChI is InChI=1S/C10H7F3N3/c11-10(12,13)7-16-6-4-9(15-16)8-3-1-2-5-14-8/h1-3,5-6H,7H2. The lowest BCUT2D eigenvalue weighted by molar-refractivity contribution is -0.142. The minimum atomic E-state index is -4.28. The van der Waals surface area contributed by atoms with E-state index in [0.29, 0.717) is 11.4 Å². The molecule has 83 valence electrons. The van der Waals surface area contributed by atoms with E-state index in [9.17, 15) is 13.2 Å². The van der Waals surface area contributed by atoms with Gasteiger partial charge in [-0.1, -0.05) is 6.07 Å². The van der Waals surface area contributed by atoms with Crippen molar-refractivity contribution in [2.45, 2.75) is 12.7 Å². The molecule has 16 heavy (non-hydrogen) atoms. The molecule has 0 aliphatic carbocycles.